The van der Waals surface area contributed by atoms with Crippen LogP contribution in [0.25, 0.3) is 0 Å². The summed E-state index contributed by atoms with van der Waals surface area (Å²) in [5.74, 6) is -2.99. The third kappa shape index (κ3) is 5.79. The maximum Gasteiger partial charge on any atom is 0.344 e. The number of nitrogens with one attached hydrogen (secondary N) is 1. The van der Waals surface area contributed by atoms with Gasteiger partial charge in [-0.25, -0.2) is 4.79 Å². The van der Waals surface area contributed by atoms with Crippen LogP contribution in [0.5, 0.6) is 0 Å². The van der Waals surface area contributed by atoms with Crippen LogP contribution in [0.1, 0.15) is 43.5 Å². The van der Waals surface area contributed by atoms with Crippen LogP contribution in [0, 0.1) is 17.8 Å². The highest BCUT2D eigenvalue weighted by Gasteiger charge is 2.34. The number of benzene rings is 1. The minimum Gasteiger partial charge on any atom is -0.416 e. The molecule has 2 rings (SSSR count). The van der Waals surface area contributed by atoms with Gasteiger partial charge in [-0.15, -0.1) is 0 Å². The van der Waals surface area contributed by atoms with Gasteiger partial charge in [0.15, 0.2) is 5.05 Å². The second-order valence-corrected chi connectivity index (χ2v) is 7.41. The maximum atomic E-state index is 12.7. The fraction of sp³-hybridized carbons (Fsp3) is 0.450. The largest absolute Gasteiger partial charge is 0.416 e. The van der Waals surface area contributed by atoms with E-state index in [-0.39, 0.29) is 29.6 Å². The number of Topliss-reactive ketones (excluding diaryl/α,β-unsaturated/α-hetero) is 2. The zero-order valence-corrected chi connectivity index (χ0v) is 16.2. The normalized spacial score (nSPS) is 18.0. The van der Waals surface area contributed by atoms with Gasteiger partial charge in [0.25, 0.3) is 5.91 Å². The predicted molar refractivity (Wildman–Crippen MR) is 103 cm³/mol. The van der Waals surface area contributed by atoms with Crippen molar-refractivity contribution < 1.29 is 23.9 Å². The molecule has 1 aliphatic heterocycles. The van der Waals surface area contributed by atoms with E-state index < -0.39 is 29.5 Å². The third-order valence-electron chi connectivity index (χ3n) is 4.64. The Bertz CT molecular complexity index is 744. The molecule has 27 heavy (non-hydrogen) atoms. The molecule has 1 aromatic rings. The molecule has 1 amide bonds. The summed E-state index contributed by atoms with van der Waals surface area (Å²) in [5.41, 5.74) is 0.381. The second-order valence-electron chi connectivity index (χ2n) is 6.96. The smallest absolute Gasteiger partial charge is 0.344 e. The molecule has 0 aliphatic carbocycles. The zero-order chi connectivity index (χ0) is 20.0. The number of piperidine rings is 1. The number of hydrogen-bond acceptors (Lipinski definition) is 6. The Morgan fingerprint density at radius 3 is 2.52 bits per heavy atom. The van der Waals surface area contributed by atoms with E-state index in [1.54, 1.807) is 30.3 Å². The fourth-order valence-corrected chi connectivity index (χ4v) is 3.29. The molecule has 144 valence electrons. The summed E-state index contributed by atoms with van der Waals surface area (Å²) in [5, 5.41) is 2.52. The van der Waals surface area contributed by atoms with Gasteiger partial charge in [0.1, 0.15) is 5.78 Å². The number of carbonyl (C=O) groups is 4. The number of thiocarbonyl (C=S) groups is 1. The summed E-state index contributed by atoms with van der Waals surface area (Å²) in [6.07, 6.45) is 0.580. The van der Waals surface area contributed by atoms with Crippen LogP contribution in [-0.2, 0) is 19.1 Å². The number of esters is 1. The van der Waals surface area contributed by atoms with Gasteiger partial charge in [-0.3, -0.25) is 14.4 Å². The standard InChI is InChI=1S/C20H23NO5S/c1-12(2)15(16(22)10-14-8-9-21-19(24)18(14)23)11-17(27)26-20(25)13-6-4-3-5-7-13/h3-7,12,14-15H,8-11H2,1-2H3,(H,21,24). The van der Waals surface area contributed by atoms with E-state index in [2.05, 4.69) is 5.32 Å². The highest BCUT2D eigenvalue weighted by molar-refractivity contribution is 7.80. The van der Waals surface area contributed by atoms with Crippen LogP contribution in [0.2, 0.25) is 0 Å². The third-order valence-corrected chi connectivity index (χ3v) is 4.89. The van der Waals surface area contributed by atoms with Crippen molar-refractivity contribution in [3.63, 3.8) is 0 Å². The van der Waals surface area contributed by atoms with Crippen LogP contribution in [0.4, 0.5) is 0 Å². The van der Waals surface area contributed by atoms with E-state index in [0.29, 0.717) is 18.5 Å². The lowest BCUT2D eigenvalue weighted by molar-refractivity contribution is -0.143. The molecule has 7 heteroatoms. The Morgan fingerprint density at radius 2 is 1.89 bits per heavy atom. The molecule has 1 N–H and O–H groups in total. The SMILES string of the molecule is CC(C)C(CC(=S)OC(=O)c1ccccc1)C(=O)CC1CCNC(=O)C1=O. The number of rotatable bonds is 7. The molecule has 1 heterocycles. The molecule has 1 aromatic carbocycles. The van der Waals surface area contributed by atoms with E-state index in [1.807, 2.05) is 13.8 Å². The first-order valence-electron chi connectivity index (χ1n) is 8.94. The quantitative estimate of drug-likeness (QED) is 0.438. The fourth-order valence-electron chi connectivity index (χ4n) is 3.03. The molecule has 0 saturated carbocycles. The van der Waals surface area contributed by atoms with Crippen molar-refractivity contribution in [3.8, 4) is 0 Å². The molecule has 2 atom stereocenters. The topological polar surface area (TPSA) is 89.5 Å². The Kier molecular flexibility index (Phi) is 7.36. The average molecular weight is 389 g/mol. The van der Waals surface area contributed by atoms with E-state index in [0.717, 1.165) is 0 Å². The molecule has 1 aliphatic rings. The van der Waals surface area contributed by atoms with Gasteiger partial charge in [-0.2, -0.15) is 0 Å². The van der Waals surface area contributed by atoms with E-state index in [4.69, 9.17) is 17.0 Å². The number of ketones is 2. The predicted octanol–water partition coefficient (Wildman–Crippen LogP) is 2.50. The molecule has 1 saturated heterocycles. The Hall–Kier alpha value is -2.41. The zero-order valence-electron chi connectivity index (χ0n) is 15.4. The highest BCUT2D eigenvalue weighted by atomic mass is 32.1. The average Bonchev–Trinajstić information content (AvgIpc) is 2.63. The summed E-state index contributed by atoms with van der Waals surface area (Å²) >= 11 is 5.16. The Labute approximate surface area is 163 Å². The Morgan fingerprint density at radius 1 is 1.22 bits per heavy atom. The summed E-state index contributed by atoms with van der Waals surface area (Å²) in [6, 6.07) is 8.47. The van der Waals surface area contributed by atoms with E-state index >= 15 is 0 Å². The molecule has 1 fully saturated rings. The van der Waals surface area contributed by atoms with Gasteiger partial charge in [-0.1, -0.05) is 32.0 Å². The van der Waals surface area contributed by atoms with Crippen LogP contribution in [0.3, 0.4) is 0 Å². The minimum absolute atomic E-state index is 0.00431. The number of hydrogen-bond donors (Lipinski definition) is 1. The van der Waals surface area contributed by atoms with Crippen LogP contribution >= 0.6 is 12.2 Å². The molecular formula is C20H23NO5S. The molecule has 0 bridgehead atoms. The molecule has 0 radical (unpaired) electrons. The summed E-state index contributed by atoms with van der Waals surface area (Å²) in [7, 11) is 0. The molecule has 0 aromatic heterocycles. The van der Waals surface area contributed by atoms with Crippen molar-refractivity contribution in [1.29, 1.82) is 0 Å². The van der Waals surface area contributed by atoms with E-state index in [9.17, 15) is 19.2 Å². The van der Waals surface area contributed by atoms with Crippen molar-refractivity contribution in [3.05, 3.63) is 35.9 Å². The van der Waals surface area contributed by atoms with Gasteiger partial charge in [0.05, 0.1) is 5.56 Å². The first kappa shape index (κ1) is 20.9. The van der Waals surface area contributed by atoms with Crippen molar-refractivity contribution in [2.45, 2.75) is 33.1 Å². The lowest BCUT2D eigenvalue weighted by Gasteiger charge is -2.24. The van der Waals surface area contributed by atoms with Gasteiger partial charge in [0.2, 0.25) is 5.78 Å². The maximum absolute atomic E-state index is 12.7. The number of amides is 1. The number of carbonyl (C=O) groups excluding carboxylic acids is 4. The summed E-state index contributed by atoms with van der Waals surface area (Å²) < 4.78 is 5.20. The molecule has 6 nitrogen and oxygen atoms in total. The van der Waals surface area contributed by atoms with Crippen molar-refractivity contribution in [1.82, 2.24) is 5.32 Å². The Balaban J connectivity index is 1.96. The highest BCUT2D eigenvalue weighted by Crippen LogP contribution is 2.24. The van der Waals surface area contributed by atoms with Gasteiger partial charge in [0, 0.05) is 31.2 Å². The lowest BCUT2D eigenvalue weighted by atomic mass is 9.82. The van der Waals surface area contributed by atoms with E-state index in [1.165, 1.54) is 0 Å². The van der Waals surface area contributed by atoms with Crippen LogP contribution in [-0.4, -0.2) is 35.0 Å². The van der Waals surface area contributed by atoms with Crippen LogP contribution < -0.4 is 5.32 Å². The first-order chi connectivity index (χ1) is 12.8. The number of ether oxygens (including phenoxy) is 1. The molecule has 2 unspecified atom stereocenters. The summed E-state index contributed by atoms with van der Waals surface area (Å²) in [4.78, 5) is 48.2. The van der Waals surface area contributed by atoms with Gasteiger partial charge < -0.3 is 10.1 Å². The summed E-state index contributed by atoms with van der Waals surface area (Å²) in [6.45, 7) is 4.14. The van der Waals surface area contributed by atoms with Gasteiger partial charge in [-0.05, 0) is 36.7 Å². The first-order valence-corrected chi connectivity index (χ1v) is 9.35. The van der Waals surface area contributed by atoms with Gasteiger partial charge >= 0.3 is 5.97 Å². The molecule has 0 spiro atoms. The monoisotopic (exact) mass is 389 g/mol. The molecular weight excluding hydrogens is 366 g/mol. The van der Waals surface area contributed by atoms with Crippen molar-refractivity contribution in [2.24, 2.45) is 17.8 Å². The lowest BCUT2D eigenvalue weighted by Crippen LogP contribution is -2.43. The minimum atomic E-state index is -0.632. The second kappa shape index (κ2) is 9.50. The van der Waals surface area contributed by atoms with Crippen LogP contribution in [0.15, 0.2) is 30.3 Å². The van der Waals surface area contributed by atoms with Crippen molar-refractivity contribution in [2.75, 3.05) is 6.54 Å². The van der Waals surface area contributed by atoms with Crippen molar-refractivity contribution >= 4 is 40.7 Å².